The largest absolute Gasteiger partial charge is 0.465 e. The third kappa shape index (κ3) is 7.70. The normalized spacial score (nSPS) is 19.0. The maximum absolute atomic E-state index is 13.6. The van der Waals surface area contributed by atoms with Crippen molar-refractivity contribution in [3.63, 3.8) is 0 Å². The first-order chi connectivity index (χ1) is 22.7. The zero-order valence-electron chi connectivity index (χ0n) is 26.8. The average molecular weight is 682 g/mol. The van der Waals surface area contributed by atoms with Crippen LogP contribution < -0.4 is 4.90 Å². The molecule has 3 aromatic rings. The number of pyridine rings is 1. The van der Waals surface area contributed by atoms with Crippen LogP contribution in [-0.2, 0) is 39.7 Å². The van der Waals surface area contributed by atoms with Crippen LogP contribution >= 0.6 is 0 Å². The molecule has 0 spiro atoms. The number of esters is 1. The van der Waals surface area contributed by atoms with Crippen molar-refractivity contribution in [3.05, 3.63) is 65.1 Å². The van der Waals surface area contributed by atoms with Crippen molar-refractivity contribution in [2.45, 2.75) is 96.5 Å². The van der Waals surface area contributed by atoms with Crippen molar-refractivity contribution in [2.24, 2.45) is 0 Å². The standard InChI is InChI=1S/C33H37F6N5O4/c1-4-43(27-9-7-6-8-10-27)30-23(11-22(15-40-30)24-16-41-42(17-24)19-28(45)47-5-2)18-44-20(3)29(48-31(44)46)21-12-25(32(34,35)36)14-26(13-21)33(37,38)39/h11-17,20,27,29H,4-10,18-19H2,1-3H3/t20-,29-/m0/s1. The number of halogens is 6. The van der Waals surface area contributed by atoms with Crippen LogP contribution in [0.1, 0.15) is 81.2 Å². The molecule has 2 aliphatic rings. The van der Waals surface area contributed by atoms with Crippen molar-refractivity contribution in [3.8, 4) is 11.1 Å². The molecule has 48 heavy (non-hydrogen) atoms. The van der Waals surface area contributed by atoms with Gasteiger partial charge in [0.1, 0.15) is 18.5 Å². The number of hydrogen-bond donors (Lipinski definition) is 0. The summed E-state index contributed by atoms with van der Waals surface area (Å²) in [6.07, 6.45) is -2.30. The van der Waals surface area contributed by atoms with Crippen LogP contribution in [-0.4, -0.2) is 57.0 Å². The molecule has 1 amide bonds. The highest BCUT2D eigenvalue weighted by atomic mass is 19.4. The number of hydrogen-bond acceptors (Lipinski definition) is 7. The number of cyclic esters (lactones) is 1. The van der Waals surface area contributed by atoms with Crippen molar-refractivity contribution in [2.75, 3.05) is 18.1 Å². The number of anilines is 1. The van der Waals surface area contributed by atoms with E-state index in [-0.39, 0.29) is 31.8 Å². The monoisotopic (exact) mass is 681 g/mol. The summed E-state index contributed by atoms with van der Waals surface area (Å²) in [6.45, 7) is 5.91. The van der Waals surface area contributed by atoms with Crippen molar-refractivity contribution >= 4 is 17.9 Å². The third-order valence-electron chi connectivity index (χ3n) is 8.81. The maximum Gasteiger partial charge on any atom is 0.416 e. The molecule has 1 saturated heterocycles. The van der Waals surface area contributed by atoms with Crippen LogP contribution in [0.2, 0.25) is 0 Å². The predicted octanol–water partition coefficient (Wildman–Crippen LogP) is 7.79. The Bertz CT molecular complexity index is 1590. The smallest absolute Gasteiger partial charge is 0.416 e. The van der Waals surface area contributed by atoms with Gasteiger partial charge in [-0.05, 0) is 63.4 Å². The molecular weight excluding hydrogens is 644 g/mol. The Kier molecular flexibility index (Phi) is 10.2. The van der Waals surface area contributed by atoms with E-state index in [1.165, 1.54) is 16.5 Å². The summed E-state index contributed by atoms with van der Waals surface area (Å²) in [5.74, 6) is 0.167. The molecule has 0 radical (unpaired) electrons. The molecule has 5 rings (SSSR count). The lowest BCUT2D eigenvalue weighted by Crippen LogP contribution is -2.39. The maximum atomic E-state index is 13.6. The van der Waals surface area contributed by atoms with Gasteiger partial charge in [0.25, 0.3) is 0 Å². The summed E-state index contributed by atoms with van der Waals surface area (Å²) in [5.41, 5.74) is -1.49. The summed E-state index contributed by atoms with van der Waals surface area (Å²) < 4.78 is 93.6. The van der Waals surface area contributed by atoms with E-state index in [9.17, 15) is 35.9 Å². The molecule has 1 saturated carbocycles. The zero-order chi connectivity index (χ0) is 34.8. The fourth-order valence-electron chi connectivity index (χ4n) is 6.43. The van der Waals surface area contributed by atoms with Gasteiger partial charge >= 0.3 is 24.4 Å². The number of amides is 1. The summed E-state index contributed by atoms with van der Waals surface area (Å²) in [4.78, 5) is 33.5. The second-order valence-electron chi connectivity index (χ2n) is 12.0. The first-order valence-corrected chi connectivity index (χ1v) is 15.9. The van der Waals surface area contributed by atoms with Gasteiger partial charge in [-0.1, -0.05) is 19.3 Å². The van der Waals surface area contributed by atoms with Crippen molar-refractivity contribution in [1.82, 2.24) is 19.7 Å². The van der Waals surface area contributed by atoms with Crippen LogP contribution in [0.25, 0.3) is 11.1 Å². The molecule has 260 valence electrons. The van der Waals surface area contributed by atoms with Crippen LogP contribution in [0.4, 0.5) is 37.0 Å². The van der Waals surface area contributed by atoms with Gasteiger partial charge < -0.3 is 14.4 Å². The fraction of sp³-hybridized carbons (Fsp3) is 0.515. The molecule has 1 aliphatic heterocycles. The number of rotatable bonds is 10. The van der Waals surface area contributed by atoms with Gasteiger partial charge in [0, 0.05) is 41.7 Å². The number of nitrogens with zero attached hydrogens (tertiary/aromatic N) is 5. The van der Waals surface area contributed by atoms with E-state index in [1.54, 1.807) is 25.5 Å². The molecule has 3 heterocycles. The molecule has 2 atom stereocenters. The van der Waals surface area contributed by atoms with Crippen molar-refractivity contribution < 1.29 is 45.4 Å². The van der Waals surface area contributed by atoms with Gasteiger partial charge in [0.05, 0.1) is 36.5 Å². The lowest BCUT2D eigenvalue weighted by Gasteiger charge is -2.36. The lowest BCUT2D eigenvalue weighted by atomic mass is 9.93. The molecule has 1 aliphatic carbocycles. The summed E-state index contributed by atoms with van der Waals surface area (Å²) in [5, 5.41) is 4.24. The minimum Gasteiger partial charge on any atom is -0.465 e. The Morgan fingerprint density at radius 2 is 1.65 bits per heavy atom. The Morgan fingerprint density at radius 1 is 0.979 bits per heavy atom. The third-order valence-corrected chi connectivity index (χ3v) is 8.81. The van der Waals surface area contributed by atoms with Crippen LogP contribution in [0.3, 0.4) is 0 Å². The quantitative estimate of drug-likeness (QED) is 0.160. The van der Waals surface area contributed by atoms with Gasteiger partial charge in [-0.2, -0.15) is 31.4 Å². The SMILES string of the molecule is CCOC(=O)Cn1cc(-c2cnc(N(CC)C3CCCCC3)c(CN3C(=O)O[C@H](c4cc(C(F)(F)F)cc(C(F)(F)F)c4)[C@@H]3C)c2)cn1. The highest BCUT2D eigenvalue weighted by Gasteiger charge is 2.43. The first-order valence-electron chi connectivity index (χ1n) is 15.9. The Labute approximate surface area is 273 Å². The molecule has 2 fully saturated rings. The second kappa shape index (κ2) is 14.0. The van der Waals surface area contributed by atoms with Crippen LogP contribution in [0.5, 0.6) is 0 Å². The topological polar surface area (TPSA) is 89.8 Å². The van der Waals surface area contributed by atoms with Crippen LogP contribution in [0, 0.1) is 0 Å². The Hall–Kier alpha value is -4.30. The van der Waals surface area contributed by atoms with Gasteiger partial charge in [0.15, 0.2) is 0 Å². The van der Waals surface area contributed by atoms with E-state index in [2.05, 4.69) is 10.00 Å². The molecule has 2 aromatic heterocycles. The number of carbonyl (C=O) groups excluding carboxylic acids is 2. The van der Waals surface area contributed by atoms with Gasteiger partial charge in [-0.3, -0.25) is 14.4 Å². The van der Waals surface area contributed by atoms with Gasteiger partial charge in [-0.15, -0.1) is 0 Å². The number of ether oxygens (including phenoxy) is 2. The van der Waals surface area contributed by atoms with E-state index in [1.807, 2.05) is 13.0 Å². The Balaban J connectivity index is 1.50. The number of carbonyl (C=O) groups is 2. The van der Waals surface area contributed by atoms with Gasteiger partial charge in [0.2, 0.25) is 0 Å². The molecule has 1 aromatic carbocycles. The minimum absolute atomic E-state index is 0.0472. The number of alkyl halides is 6. The highest BCUT2D eigenvalue weighted by molar-refractivity contribution is 5.73. The number of aromatic nitrogens is 3. The molecule has 15 heteroatoms. The minimum atomic E-state index is -5.05. The predicted molar refractivity (Wildman–Crippen MR) is 163 cm³/mol. The summed E-state index contributed by atoms with van der Waals surface area (Å²) >= 11 is 0. The molecule has 0 bridgehead atoms. The van der Waals surface area contributed by atoms with Gasteiger partial charge in [-0.25, -0.2) is 9.78 Å². The highest BCUT2D eigenvalue weighted by Crippen LogP contribution is 2.42. The number of benzene rings is 1. The Morgan fingerprint density at radius 3 is 2.25 bits per heavy atom. The first kappa shape index (κ1) is 35.0. The summed E-state index contributed by atoms with van der Waals surface area (Å²) in [7, 11) is 0. The lowest BCUT2D eigenvalue weighted by molar-refractivity contribution is -0.144. The second-order valence-corrected chi connectivity index (χ2v) is 12.0. The summed E-state index contributed by atoms with van der Waals surface area (Å²) in [6, 6.07) is 2.35. The van der Waals surface area contributed by atoms with E-state index < -0.39 is 53.3 Å². The van der Waals surface area contributed by atoms with Crippen molar-refractivity contribution in [1.29, 1.82) is 0 Å². The van der Waals surface area contributed by atoms with E-state index in [4.69, 9.17) is 14.5 Å². The molecule has 9 nitrogen and oxygen atoms in total. The average Bonchev–Trinajstić information content (AvgIpc) is 3.61. The van der Waals surface area contributed by atoms with E-state index in [0.29, 0.717) is 41.2 Å². The molecular formula is C33H37F6N5O4. The van der Waals surface area contributed by atoms with E-state index >= 15 is 0 Å². The van der Waals surface area contributed by atoms with Crippen LogP contribution in [0.15, 0.2) is 42.9 Å². The fourth-order valence-corrected chi connectivity index (χ4v) is 6.43. The zero-order valence-corrected chi connectivity index (χ0v) is 26.8. The molecule has 0 unspecified atom stereocenters. The van der Waals surface area contributed by atoms with E-state index in [0.717, 1.165) is 32.1 Å². The molecule has 0 N–H and O–H groups in total.